The van der Waals surface area contributed by atoms with Crippen molar-refractivity contribution < 1.29 is 0 Å². The molecule has 0 saturated carbocycles. The van der Waals surface area contributed by atoms with Crippen molar-refractivity contribution in [1.29, 1.82) is 0 Å². The van der Waals surface area contributed by atoms with E-state index in [4.69, 9.17) is 0 Å². The number of anilines is 3. The highest BCUT2D eigenvalue weighted by molar-refractivity contribution is 7.20. The van der Waals surface area contributed by atoms with Gasteiger partial charge in [0.05, 0.1) is 5.69 Å². The Bertz CT molecular complexity index is 4820. The van der Waals surface area contributed by atoms with E-state index in [0.29, 0.717) is 0 Å². The van der Waals surface area contributed by atoms with Crippen LogP contribution in [0.25, 0.3) is 99.4 Å². The third-order valence-corrected chi connectivity index (χ3v) is 22.4. The molecule has 0 radical (unpaired) electrons. The first-order chi connectivity index (χ1) is 43.7. The lowest BCUT2D eigenvalue weighted by Crippen LogP contribution is -2.74. The summed E-state index contributed by atoms with van der Waals surface area (Å²) in [5.41, 5.74) is 19.7. The van der Waals surface area contributed by atoms with Gasteiger partial charge in [-0.25, -0.2) is 0 Å². The summed E-state index contributed by atoms with van der Waals surface area (Å²) in [4.78, 5) is 2.50. The fraction of sp³-hybridized carbons (Fsp3) is 0. The molecule has 15 rings (SSSR count). The molecule has 0 heterocycles. The summed E-state index contributed by atoms with van der Waals surface area (Å²) in [6, 6.07) is 137. The highest BCUT2D eigenvalue weighted by Crippen LogP contribution is 2.52. The predicted molar refractivity (Wildman–Crippen MR) is 378 cm³/mol. The molecule has 0 aliphatic carbocycles. The van der Waals surface area contributed by atoms with Crippen molar-refractivity contribution >= 4 is 67.4 Å². The number of hydrogen-bond donors (Lipinski definition) is 0. The fourth-order valence-corrected chi connectivity index (χ4v) is 18.4. The van der Waals surface area contributed by atoms with E-state index in [1.807, 2.05) is 0 Å². The lowest BCUT2D eigenvalue weighted by atomic mass is 9.78. The second-order valence-corrected chi connectivity index (χ2v) is 26.4. The molecule has 0 aliphatic heterocycles. The summed E-state index contributed by atoms with van der Waals surface area (Å²) in [5.74, 6) is 0. The molecule has 15 aromatic rings. The molecular formula is C86H61NSi. The predicted octanol–water partition coefficient (Wildman–Crippen LogP) is 20.5. The molecule has 0 aromatic heterocycles. The lowest BCUT2D eigenvalue weighted by molar-refractivity contribution is 1.29. The molecule has 0 unspecified atom stereocenters. The van der Waals surface area contributed by atoms with Crippen LogP contribution in [0.3, 0.4) is 0 Å². The largest absolute Gasteiger partial charge is 0.310 e. The maximum Gasteiger partial charge on any atom is 0.179 e. The van der Waals surface area contributed by atoms with Crippen molar-refractivity contribution in [3.05, 3.63) is 370 Å². The van der Waals surface area contributed by atoms with E-state index in [2.05, 4.69) is 375 Å². The highest BCUT2D eigenvalue weighted by Gasteiger charge is 2.42. The molecule has 1 nitrogen and oxygen atoms in total. The van der Waals surface area contributed by atoms with Gasteiger partial charge in [-0.05, 0) is 157 Å². The Labute approximate surface area is 517 Å². The second kappa shape index (κ2) is 23.7. The van der Waals surface area contributed by atoms with E-state index in [0.717, 1.165) is 39.3 Å². The minimum absolute atomic E-state index is 1.06. The molecule has 0 saturated heterocycles. The van der Waals surface area contributed by atoms with Crippen LogP contribution in [0.5, 0.6) is 0 Å². The summed E-state index contributed by atoms with van der Waals surface area (Å²) in [7, 11) is -2.94. The molecule has 0 N–H and O–H groups in total. The van der Waals surface area contributed by atoms with E-state index in [1.165, 1.54) is 97.9 Å². The normalized spacial score (nSPS) is 11.4. The van der Waals surface area contributed by atoms with Gasteiger partial charge in [0.1, 0.15) is 0 Å². The molecule has 0 aliphatic rings. The van der Waals surface area contributed by atoms with Crippen molar-refractivity contribution in [1.82, 2.24) is 0 Å². The number of fused-ring (bicyclic) bond motifs is 2. The molecule has 0 atom stereocenters. The average molecular weight is 1140 g/mol. The number of hydrogen-bond acceptors (Lipinski definition) is 1. The SMILES string of the molecule is c1ccc(-c2c(-c3ccccc3)c(-c3ccccc3)c3cc(-c4ccccc4-c4ccccc4N(c4ccc(-c5ccc6ccccc6c5)cc4)c4cccc([Si](c5ccccc5)(c5ccccc5)c5ccccc5)c4)ccc3c2-c2ccccc2)cc1. The molecule has 0 spiro atoms. The van der Waals surface area contributed by atoms with Gasteiger partial charge in [0.15, 0.2) is 8.07 Å². The molecule has 15 aromatic carbocycles. The Morgan fingerprint density at radius 2 is 0.602 bits per heavy atom. The zero-order valence-corrected chi connectivity index (χ0v) is 49.7. The Morgan fingerprint density at radius 3 is 1.15 bits per heavy atom. The Kier molecular flexibility index (Phi) is 14.4. The molecule has 0 bridgehead atoms. The van der Waals surface area contributed by atoms with Crippen LogP contribution >= 0.6 is 0 Å². The van der Waals surface area contributed by atoms with Crippen LogP contribution < -0.4 is 25.6 Å². The fourth-order valence-electron chi connectivity index (χ4n) is 13.7. The van der Waals surface area contributed by atoms with Gasteiger partial charge in [0.2, 0.25) is 0 Å². The van der Waals surface area contributed by atoms with Crippen LogP contribution in [0.4, 0.5) is 17.1 Å². The summed E-state index contributed by atoms with van der Waals surface area (Å²) < 4.78 is 0. The van der Waals surface area contributed by atoms with Crippen LogP contribution in [0.1, 0.15) is 0 Å². The Balaban J connectivity index is 0.963. The van der Waals surface area contributed by atoms with Crippen LogP contribution in [0, 0.1) is 0 Å². The van der Waals surface area contributed by atoms with Gasteiger partial charge in [-0.1, -0.05) is 328 Å². The smallest absolute Gasteiger partial charge is 0.179 e. The molecule has 0 fully saturated rings. The first-order valence-corrected chi connectivity index (χ1v) is 32.4. The second-order valence-electron chi connectivity index (χ2n) is 22.6. The van der Waals surface area contributed by atoms with Crippen LogP contribution in [0.15, 0.2) is 370 Å². The number of benzene rings is 15. The summed E-state index contributed by atoms with van der Waals surface area (Å²) >= 11 is 0. The van der Waals surface area contributed by atoms with Gasteiger partial charge in [-0.2, -0.15) is 0 Å². The minimum atomic E-state index is -2.94. The maximum absolute atomic E-state index is 2.94. The lowest BCUT2D eigenvalue weighted by Gasteiger charge is -2.36. The third kappa shape index (κ3) is 9.82. The summed E-state index contributed by atoms with van der Waals surface area (Å²) in [6.45, 7) is 0. The van der Waals surface area contributed by atoms with Gasteiger partial charge in [-0.15, -0.1) is 0 Å². The number of nitrogens with zero attached hydrogens (tertiary/aromatic N) is 1. The Morgan fingerprint density at radius 1 is 0.193 bits per heavy atom. The Hall–Kier alpha value is -11.2. The standard InChI is InChI=1S/C86H61NSi/c1-8-30-64(31-9-1)83-80-58-55-70(60-81(80)84(65-32-10-2-11-33-65)86(67-36-14-4-15-37-67)85(83)66-34-12-3-13-35-66)77-47-24-25-48-78(77)79-49-26-27-50-82(79)87(71-56-53-63(54-57-71)69-52-51-62-29-22-23-38-68(62)59-69)72-39-28-46-76(61-72)88(73-40-16-5-17-41-73,74-42-18-6-19-43-74)75-44-20-7-21-45-75/h1-61H. The van der Waals surface area contributed by atoms with Crippen molar-refractivity contribution in [3.8, 4) is 77.9 Å². The zero-order chi connectivity index (χ0) is 58.6. The number of para-hydroxylation sites is 1. The number of rotatable bonds is 14. The van der Waals surface area contributed by atoms with E-state index < -0.39 is 8.07 Å². The summed E-state index contributed by atoms with van der Waals surface area (Å²) in [5, 5.41) is 10.2. The van der Waals surface area contributed by atoms with Gasteiger partial charge < -0.3 is 4.90 Å². The van der Waals surface area contributed by atoms with Gasteiger partial charge in [0.25, 0.3) is 0 Å². The average Bonchev–Trinajstić information content (AvgIpc) is 1.08. The molecular weight excluding hydrogens is 1080 g/mol. The summed E-state index contributed by atoms with van der Waals surface area (Å²) in [6.07, 6.45) is 0. The molecule has 0 amide bonds. The topological polar surface area (TPSA) is 3.24 Å². The van der Waals surface area contributed by atoms with E-state index in [1.54, 1.807) is 0 Å². The van der Waals surface area contributed by atoms with Crippen LogP contribution in [-0.4, -0.2) is 8.07 Å². The van der Waals surface area contributed by atoms with Crippen molar-refractivity contribution in [2.24, 2.45) is 0 Å². The first kappa shape index (κ1) is 53.6. The van der Waals surface area contributed by atoms with Gasteiger partial charge in [-0.3, -0.25) is 0 Å². The molecule has 88 heavy (non-hydrogen) atoms. The van der Waals surface area contributed by atoms with Crippen molar-refractivity contribution in [3.63, 3.8) is 0 Å². The molecule has 414 valence electrons. The van der Waals surface area contributed by atoms with Gasteiger partial charge >= 0.3 is 0 Å². The molecule has 2 heteroatoms. The minimum Gasteiger partial charge on any atom is -0.310 e. The van der Waals surface area contributed by atoms with Crippen LogP contribution in [0.2, 0.25) is 0 Å². The van der Waals surface area contributed by atoms with Crippen molar-refractivity contribution in [2.75, 3.05) is 4.90 Å². The highest BCUT2D eigenvalue weighted by atomic mass is 28.3. The maximum atomic E-state index is 2.50. The van der Waals surface area contributed by atoms with E-state index >= 15 is 0 Å². The van der Waals surface area contributed by atoms with Crippen LogP contribution in [-0.2, 0) is 0 Å². The zero-order valence-electron chi connectivity index (χ0n) is 48.7. The third-order valence-electron chi connectivity index (χ3n) is 17.6. The van der Waals surface area contributed by atoms with E-state index in [9.17, 15) is 0 Å². The van der Waals surface area contributed by atoms with Crippen molar-refractivity contribution in [2.45, 2.75) is 0 Å². The van der Waals surface area contributed by atoms with E-state index in [-0.39, 0.29) is 0 Å². The van der Waals surface area contributed by atoms with Gasteiger partial charge in [0, 0.05) is 16.9 Å². The first-order valence-electron chi connectivity index (χ1n) is 30.4. The monoisotopic (exact) mass is 1140 g/mol. The quantitative estimate of drug-likeness (QED) is 0.0775.